The molecule has 162 valence electrons. The Labute approximate surface area is 171 Å². The van der Waals surface area contributed by atoms with Crippen LogP contribution in [0.2, 0.25) is 0 Å². The highest BCUT2D eigenvalue weighted by Gasteiger charge is 2.15. The number of benzene rings is 1. The molecule has 0 unspecified atom stereocenters. The summed E-state index contributed by atoms with van der Waals surface area (Å²) < 4.78 is 18.7. The van der Waals surface area contributed by atoms with Gasteiger partial charge in [-0.3, -0.25) is 9.79 Å². The van der Waals surface area contributed by atoms with Crippen molar-refractivity contribution in [3.05, 3.63) is 35.1 Å². The van der Waals surface area contributed by atoms with Crippen LogP contribution in [0.1, 0.15) is 43.6 Å². The highest BCUT2D eigenvalue weighted by molar-refractivity contribution is 5.94. The predicted molar refractivity (Wildman–Crippen MR) is 112 cm³/mol. The third-order valence-corrected chi connectivity index (χ3v) is 3.53. The highest BCUT2D eigenvalue weighted by Crippen LogP contribution is 2.09. The van der Waals surface area contributed by atoms with Crippen LogP contribution in [0.5, 0.6) is 0 Å². The van der Waals surface area contributed by atoms with E-state index in [1.54, 1.807) is 39.8 Å². The molecule has 0 saturated heterocycles. The molecule has 8 nitrogen and oxygen atoms in total. The molecule has 0 aliphatic rings. The van der Waals surface area contributed by atoms with Gasteiger partial charge in [-0.15, -0.1) is 0 Å². The number of rotatable bonds is 8. The lowest BCUT2D eigenvalue weighted by Gasteiger charge is -2.19. The lowest BCUT2D eigenvalue weighted by Crippen LogP contribution is -2.42. The van der Waals surface area contributed by atoms with Crippen molar-refractivity contribution in [2.45, 2.75) is 40.2 Å². The van der Waals surface area contributed by atoms with Crippen LogP contribution < -0.4 is 21.3 Å². The molecule has 0 aromatic heterocycles. The Morgan fingerprint density at radius 3 is 2.38 bits per heavy atom. The van der Waals surface area contributed by atoms with Crippen molar-refractivity contribution < 1.29 is 18.7 Å². The number of hydrogen-bond acceptors (Lipinski definition) is 4. The van der Waals surface area contributed by atoms with Crippen molar-refractivity contribution in [2.75, 3.05) is 32.7 Å². The average Bonchev–Trinajstić information content (AvgIpc) is 2.62. The van der Waals surface area contributed by atoms with Gasteiger partial charge in [0.05, 0.1) is 6.54 Å². The summed E-state index contributed by atoms with van der Waals surface area (Å²) in [5, 5.41) is 11.5. The van der Waals surface area contributed by atoms with E-state index in [1.165, 1.54) is 6.07 Å². The van der Waals surface area contributed by atoms with Gasteiger partial charge in [0.15, 0.2) is 5.96 Å². The molecule has 0 spiro atoms. The monoisotopic (exact) mass is 409 g/mol. The van der Waals surface area contributed by atoms with Crippen molar-refractivity contribution >= 4 is 18.0 Å². The molecule has 9 heteroatoms. The molecule has 1 aromatic rings. The lowest BCUT2D eigenvalue weighted by molar-refractivity contribution is 0.0528. The van der Waals surface area contributed by atoms with E-state index >= 15 is 0 Å². The zero-order chi connectivity index (χ0) is 21.9. The van der Waals surface area contributed by atoms with Gasteiger partial charge < -0.3 is 26.0 Å². The van der Waals surface area contributed by atoms with E-state index in [1.807, 2.05) is 6.92 Å². The number of amides is 2. The third-order valence-electron chi connectivity index (χ3n) is 3.53. The summed E-state index contributed by atoms with van der Waals surface area (Å²) >= 11 is 0. The molecule has 0 bridgehead atoms. The largest absolute Gasteiger partial charge is 0.444 e. The number of aryl methyl sites for hydroxylation is 1. The highest BCUT2D eigenvalue weighted by atomic mass is 19.1. The minimum absolute atomic E-state index is 0.273. The number of aliphatic imine (C=N–C) groups is 1. The van der Waals surface area contributed by atoms with Crippen LogP contribution in [0.4, 0.5) is 9.18 Å². The second-order valence-corrected chi connectivity index (χ2v) is 7.34. The molecular weight excluding hydrogens is 377 g/mol. The molecule has 0 radical (unpaired) electrons. The van der Waals surface area contributed by atoms with Gasteiger partial charge in [0.1, 0.15) is 11.4 Å². The maximum atomic E-state index is 13.5. The summed E-state index contributed by atoms with van der Waals surface area (Å²) in [7, 11) is 0. The minimum Gasteiger partial charge on any atom is -0.444 e. The standard InChI is InChI=1S/C20H32FN5O3/c1-6-22-18(25-11-12-26-19(28)29-20(3,4)5)24-10-9-23-17(27)15-8-7-14(2)16(21)13-15/h7-8,13H,6,9-12H2,1-5H3,(H,23,27)(H,26,28)(H2,22,24,25). The quantitative estimate of drug-likeness (QED) is 0.298. The Bertz CT molecular complexity index is 717. The summed E-state index contributed by atoms with van der Waals surface area (Å²) in [6, 6.07) is 4.37. The van der Waals surface area contributed by atoms with Gasteiger partial charge in [0.25, 0.3) is 5.91 Å². The molecule has 0 fully saturated rings. The van der Waals surface area contributed by atoms with Gasteiger partial charge in [-0.1, -0.05) is 6.07 Å². The van der Waals surface area contributed by atoms with Gasteiger partial charge in [0, 0.05) is 31.7 Å². The number of guanidine groups is 1. The topological polar surface area (TPSA) is 104 Å². The van der Waals surface area contributed by atoms with Crippen molar-refractivity contribution in [1.29, 1.82) is 0 Å². The Balaban J connectivity index is 2.36. The number of nitrogens with zero attached hydrogens (tertiary/aromatic N) is 1. The normalized spacial score (nSPS) is 11.6. The van der Waals surface area contributed by atoms with Crippen LogP contribution in [0.25, 0.3) is 0 Å². The van der Waals surface area contributed by atoms with Crippen LogP contribution in [0.15, 0.2) is 23.2 Å². The van der Waals surface area contributed by atoms with E-state index in [-0.39, 0.29) is 11.5 Å². The Morgan fingerprint density at radius 1 is 1.07 bits per heavy atom. The van der Waals surface area contributed by atoms with E-state index in [0.717, 1.165) is 0 Å². The lowest BCUT2D eigenvalue weighted by atomic mass is 10.1. The van der Waals surface area contributed by atoms with Crippen molar-refractivity contribution in [1.82, 2.24) is 21.3 Å². The fourth-order valence-corrected chi connectivity index (χ4v) is 2.17. The van der Waals surface area contributed by atoms with Gasteiger partial charge in [0.2, 0.25) is 0 Å². The first kappa shape index (κ1) is 24.2. The molecule has 0 heterocycles. The zero-order valence-electron chi connectivity index (χ0n) is 17.8. The summed E-state index contributed by atoms with van der Waals surface area (Å²) in [4.78, 5) is 28.0. The van der Waals surface area contributed by atoms with Crippen LogP contribution in [0, 0.1) is 12.7 Å². The molecule has 1 aromatic carbocycles. The first-order chi connectivity index (χ1) is 13.6. The molecule has 29 heavy (non-hydrogen) atoms. The first-order valence-electron chi connectivity index (χ1n) is 9.65. The van der Waals surface area contributed by atoms with Crippen LogP contribution in [-0.4, -0.2) is 56.3 Å². The Hall–Kier alpha value is -2.84. The van der Waals surface area contributed by atoms with E-state index < -0.39 is 17.5 Å². The fourth-order valence-electron chi connectivity index (χ4n) is 2.17. The molecule has 0 saturated carbocycles. The summed E-state index contributed by atoms with van der Waals surface area (Å²) in [5.41, 5.74) is 0.229. The number of ether oxygens (including phenoxy) is 1. The van der Waals surface area contributed by atoms with Gasteiger partial charge in [-0.05, 0) is 52.3 Å². The summed E-state index contributed by atoms with van der Waals surface area (Å²) in [6.45, 7) is 11.1. The maximum Gasteiger partial charge on any atom is 0.407 e. The van der Waals surface area contributed by atoms with Gasteiger partial charge in [-0.25, -0.2) is 9.18 Å². The first-order valence-corrected chi connectivity index (χ1v) is 9.65. The van der Waals surface area contributed by atoms with Crippen LogP contribution >= 0.6 is 0 Å². The zero-order valence-corrected chi connectivity index (χ0v) is 17.8. The fraction of sp³-hybridized carbons (Fsp3) is 0.550. The van der Waals surface area contributed by atoms with E-state index in [4.69, 9.17) is 4.74 Å². The number of carbonyl (C=O) groups is 2. The number of halogens is 1. The molecule has 4 N–H and O–H groups in total. The van der Waals surface area contributed by atoms with E-state index in [2.05, 4.69) is 26.3 Å². The summed E-state index contributed by atoms with van der Waals surface area (Å²) in [5.74, 6) is -0.193. The Kier molecular flexibility index (Phi) is 9.91. The number of carbonyl (C=O) groups excluding carboxylic acids is 2. The van der Waals surface area contributed by atoms with Crippen molar-refractivity contribution in [2.24, 2.45) is 4.99 Å². The molecule has 0 aliphatic carbocycles. The van der Waals surface area contributed by atoms with Crippen molar-refractivity contribution in [3.8, 4) is 0 Å². The van der Waals surface area contributed by atoms with Crippen LogP contribution in [0.3, 0.4) is 0 Å². The van der Waals surface area contributed by atoms with Gasteiger partial charge >= 0.3 is 6.09 Å². The average molecular weight is 410 g/mol. The van der Waals surface area contributed by atoms with E-state index in [9.17, 15) is 14.0 Å². The van der Waals surface area contributed by atoms with Crippen molar-refractivity contribution in [3.63, 3.8) is 0 Å². The molecule has 1 rings (SSSR count). The predicted octanol–water partition coefficient (Wildman–Crippen LogP) is 1.94. The van der Waals surface area contributed by atoms with Crippen LogP contribution in [-0.2, 0) is 4.74 Å². The smallest absolute Gasteiger partial charge is 0.407 e. The molecule has 0 aliphatic heterocycles. The second kappa shape index (κ2) is 11.9. The maximum absolute atomic E-state index is 13.5. The van der Waals surface area contributed by atoms with Gasteiger partial charge in [-0.2, -0.15) is 0 Å². The van der Waals surface area contributed by atoms with E-state index in [0.29, 0.717) is 44.2 Å². The number of nitrogens with one attached hydrogen (secondary N) is 4. The number of alkyl carbamates (subject to hydrolysis) is 1. The SMILES string of the molecule is CCNC(=NCCNC(=O)c1ccc(C)c(F)c1)NCCNC(=O)OC(C)(C)C. The minimum atomic E-state index is -0.539. The second-order valence-electron chi connectivity index (χ2n) is 7.34. The summed E-state index contributed by atoms with van der Waals surface area (Å²) in [6.07, 6.45) is -0.475. The Morgan fingerprint density at radius 2 is 1.76 bits per heavy atom. The number of hydrogen-bond donors (Lipinski definition) is 4. The molecule has 2 amide bonds. The molecule has 0 atom stereocenters. The molecular formula is C20H32FN5O3. The third kappa shape index (κ3) is 10.3.